The largest absolute Gasteiger partial charge is 0.507 e. The Bertz CT molecular complexity index is 1180. The van der Waals surface area contributed by atoms with Crippen molar-refractivity contribution < 1.29 is 30.0 Å². The normalized spacial score (nSPS) is 17.3. The molecule has 2 aliphatic carbocycles. The van der Waals surface area contributed by atoms with Gasteiger partial charge < -0.3 is 36.8 Å². The average molecular weight is 411 g/mol. The number of hydrogen-bond donors (Lipinski definition) is 6. The number of nitrogens with two attached hydrogens (primary N) is 2. The second-order valence-corrected chi connectivity index (χ2v) is 7.76. The van der Waals surface area contributed by atoms with Crippen LogP contribution in [0.2, 0.25) is 0 Å². The summed E-state index contributed by atoms with van der Waals surface area (Å²) in [5.74, 6) is -4.09. The van der Waals surface area contributed by atoms with Gasteiger partial charge in [0.1, 0.15) is 28.6 Å². The van der Waals surface area contributed by atoms with Crippen LogP contribution >= 0.6 is 0 Å². The van der Waals surface area contributed by atoms with E-state index in [0.29, 0.717) is 16.8 Å². The van der Waals surface area contributed by atoms with Gasteiger partial charge in [0.2, 0.25) is 0 Å². The fourth-order valence-electron chi connectivity index (χ4n) is 4.41. The van der Waals surface area contributed by atoms with Gasteiger partial charge in [0.05, 0.1) is 17.2 Å². The Kier molecular flexibility index (Phi) is 4.09. The van der Waals surface area contributed by atoms with Crippen molar-refractivity contribution in [2.24, 2.45) is 11.7 Å². The Morgan fingerprint density at radius 2 is 1.77 bits per heavy atom. The van der Waals surface area contributed by atoms with E-state index in [4.69, 9.17) is 11.5 Å². The van der Waals surface area contributed by atoms with Gasteiger partial charge in [0, 0.05) is 37.3 Å². The molecule has 8 N–H and O–H groups in total. The molecule has 1 atom stereocenters. The van der Waals surface area contributed by atoms with Crippen LogP contribution in [-0.4, -0.2) is 46.2 Å². The molecule has 0 radical (unpaired) electrons. The molecule has 0 fully saturated rings. The second kappa shape index (κ2) is 6.31. The number of hydrogen-bond acceptors (Lipinski definition) is 8. The number of fused-ring (bicyclic) bond motifs is 3. The predicted molar refractivity (Wildman–Crippen MR) is 110 cm³/mol. The van der Waals surface area contributed by atoms with Crippen molar-refractivity contribution in [2.75, 3.05) is 24.7 Å². The standard InChI is InChI=1S/C21H21N3O6/c1-24(2)13-6-12(22)20(29)15-11(13)4-7-8(18(15)27)3-9-10(17(7)26)5-14(25)16(19(9)28)21(23)30/h5-6,8,25-26,28-29H,3-4,22H2,1-2H3,(H2,23,30). The van der Waals surface area contributed by atoms with Gasteiger partial charge in [0.15, 0.2) is 5.78 Å². The van der Waals surface area contributed by atoms with Gasteiger partial charge in [0.25, 0.3) is 5.91 Å². The molecule has 2 aromatic rings. The molecule has 4 rings (SSSR count). The molecule has 0 saturated carbocycles. The summed E-state index contributed by atoms with van der Waals surface area (Å²) in [5.41, 5.74) is 12.6. The summed E-state index contributed by atoms with van der Waals surface area (Å²) in [6.45, 7) is 0. The van der Waals surface area contributed by atoms with Crippen molar-refractivity contribution >= 4 is 28.8 Å². The molecule has 0 aromatic heterocycles. The number of ketones is 1. The number of primary amides is 1. The molecule has 0 saturated heterocycles. The average Bonchev–Trinajstić information content (AvgIpc) is 2.66. The maximum atomic E-state index is 13.3. The van der Waals surface area contributed by atoms with Gasteiger partial charge >= 0.3 is 0 Å². The molecular formula is C21H21N3O6. The monoisotopic (exact) mass is 411 g/mol. The van der Waals surface area contributed by atoms with E-state index in [0.717, 1.165) is 6.07 Å². The number of nitrogen functional groups attached to an aromatic ring is 1. The SMILES string of the molecule is CN(C)c1cc(N)c(O)c2c1CC1=C(O)c3cc(O)c(C(N)=O)c(O)c3CC1C2=O. The first kappa shape index (κ1) is 19.4. The molecule has 1 amide bonds. The smallest absolute Gasteiger partial charge is 0.256 e. The number of carbonyl (C=O) groups excluding carboxylic acids is 2. The van der Waals surface area contributed by atoms with Gasteiger partial charge in [-0.05, 0) is 29.7 Å². The van der Waals surface area contributed by atoms with Gasteiger partial charge in [-0.25, -0.2) is 0 Å². The van der Waals surface area contributed by atoms with Crippen LogP contribution in [0.25, 0.3) is 5.76 Å². The fourth-order valence-corrected chi connectivity index (χ4v) is 4.41. The Labute approximate surface area is 171 Å². The highest BCUT2D eigenvalue weighted by Gasteiger charge is 2.42. The molecule has 0 spiro atoms. The van der Waals surface area contributed by atoms with Crippen molar-refractivity contribution in [1.82, 2.24) is 0 Å². The summed E-state index contributed by atoms with van der Waals surface area (Å²) in [7, 11) is 3.54. The first-order chi connectivity index (χ1) is 14.0. The minimum Gasteiger partial charge on any atom is -0.507 e. The van der Waals surface area contributed by atoms with Crippen molar-refractivity contribution in [3.63, 3.8) is 0 Å². The van der Waals surface area contributed by atoms with Crippen molar-refractivity contribution in [2.45, 2.75) is 12.8 Å². The van der Waals surface area contributed by atoms with Crippen LogP contribution in [-0.2, 0) is 12.8 Å². The number of carbonyl (C=O) groups is 2. The summed E-state index contributed by atoms with van der Waals surface area (Å²) in [4.78, 5) is 26.7. The lowest BCUT2D eigenvalue weighted by molar-refractivity contribution is 0.0925. The molecule has 0 bridgehead atoms. The Morgan fingerprint density at radius 1 is 1.10 bits per heavy atom. The third-order valence-corrected chi connectivity index (χ3v) is 5.84. The number of anilines is 2. The number of allylic oxidation sites excluding steroid dienone is 1. The Hall–Kier alpha value is -3.88. The number of Topliss-reactive ketones (excluding diaryl/α,β-unsaturated/α-hetero) is 1. The topological polar surface area (TPSA) is 170 Å². The number of aromatic hydroxyl groups is 3. The van der Waals surface area contributed by atoms with E-state index in [1.165, 1.54) is 0 Å². The maximum absolute atomic E-state index is 13.3. The summed E-state index contributed by atoms with van der Waals surface area (Å²) in [5, 5.41) is 42.0. The van der Waals surface area contributed by atoms with Gasteiger partial charge in [-0.3, -0.25) is 9.59 Å². The summed E-state index contributed by atoms with van der Waals surface area (Å²) in [6, 6.07) is 2.72. The number of benzene rings is 2. The quantitative estimate of drug-likeness (QED) is 0.318. The molecule has 9 heteroatoms. The Balaban J connectivity index is 1.98. The highest BCUT2D eigenvalue weighted by atomic mass is 16.3. The highest BCUT2D eigenvalue weighted by Crippen LogP contribution is 2.49. The van der Waals surface area contributed by atoms with E-state index in [9.17, 15) is 30.0 Å². The summed E-state index contributed by atoms with van der Waals surface area (Å²) >= 11 is 0. The lowest BCUT2D eigenvalue weighted by Gasteiger charge is -2.34. The van der Waals surface area contributed by atoms with E-state index in [1.807, 2.05) is 0 Å². The molecule has 9 nitrogen and oxygen atoms in total. The van der Waals surface area contributed by atoms with Gasteiger partial charge in [-0.1, -0.05) is 0 Å². The van der Waals surface area contributed by atoms with Crippen LogP contribution in [0.5, 0.6) is 17.2 Å². The van der Waals surface area contributed by atoms with Gasteiger partial charge in [-0.2, -0.15) is 0 Å². The number of phenolic OH excluding ortho intramolecular Hbond substituents is 1. The number of aliphatic hydroxyl groups excluding tert-OH is 1. The number of nitrogens with zero attached hydrogens (tertiary/aromatic N) is 1. The molecule has 0 aliphatic heterocycles. The zero-order valence-corrected chi connectivity index (χ0v) is 16.4. The maximum Gasteiger partial charge on any atom is 0.256 e. The number of aliphatic hydroxyl groups is 1. The van der Waals surface area contributed by atoms with Crippen molar-refractivity contribution in [1.29, 1.82) is 0 Å². The lowest BCUT2D eigenvalue weighted by Crippen LogP contribution is -2.32. The van der Waals surface area contributed by atoms with E-state index >= 15 is 0 Å². The second-order valence-electron chi connectivity index (χ2n) is 7.76. The summed E-state index contributed by atoms with van der Waals surface area (Å²) in [6.07, 6.45) is 0.127. The number of rotatable bonds is 2. The first-order valence-electron chi connectivity index (χ1n) is 9.20. The van der Waals surface area contributed by atoms with Crippen LogP contribution in [0.4, 0.5) is 11.4 Å². The van der Waals surface area contributed by atoms with E-state index in [2.05, 4.69) is 0 Å². The molecule has 1 unspecified atom stereocenters. The molecular weight excluding hydrogens is 390 g/mol. The van der Waals surface area contributed by atoms with Gasteiger partial charge in [-0.15, -0.1) is 0 Å². The van der Waals surface area contributed by atoms with E-state index in [-0.39, 0.29) is 46.7 Å². The van der Waals surface area contributed by atoms with Crippen molar-refractivity contribution in [3.05, 3.63) is 45.5 Å². The molecule has 30 heavy (non-hydrogen) atoms. The zero-order valence-electron chi connectivity index (χ0n) is 16.4. The van der Waals surface area contributed by atoms with Crippen LogP contribution in [0.3, 0.4) is 0 Å². The molecule has 156 valence electrons. The third-order valence-electron chi connectivity index (χ3n) is 5.84. The fraction of sp³-hybridized carbons (Fsp3) is 0.238. The van der Waals surface area contributed by atoms with Crippen LogP contribution < -0.4 is 16.4 Å². The Morgan fingerprint density at radius 3 is 2.37 bits per heavy atom. The first-order valence-corrected chi connectivity index (χ1v) is 9.20. The molecule has 0 heterocycles. The molecule has 2 aliphatic rings. The van der Waals surface area contributed by atoms with Crippen molar-refractivity contribution in [3.8, 4) is 17.2 Å². The number of phenols is 3. The third kappa shape index (κ3) is 2.48. The number of amides is 1. The van der Waals surface area contributed by atoms with E-state index in [1.54, 1.807) is 25.1 Å². The molecule has 2 aromatic carbocycles. The zero-order chi connectivity index (χ0) is 22.1. The van der Waals surface area contributed by atoms with Crippen LogP contribution in [0, 0.1) is 5.92 Å². The van der Waals surface area contributed by atoms with E-state index < -0.39 is 34.7 Å². The van der Waals surface area contributed by atoms with Crippen LogP contribution in [0.1, 0.15) is 37.4 Å². The minimum absolute atomic E-state index is 0.0368. The minimum atomic E-state index is -1.04. The predicted octanol–water partition coefficient (Wildman–Crippen LogP) is 1.43. The van der Waals surface area contributed by atoms with Crippen LogP contribution in [0.15, 0.2) is 17.7 Å². The lowest BCUT2D eigenvalue weighted by atomic mass is 9.70. The highest BCUT2D eigenvalue weighted by molar-refractivity contribution is 6.09. The summed E-state index contributed by atoms with van der Waals surface area (Å²) < 4.78 is 0.